The smallest absolute Gasteiger partial charge is 0.360 e. The maximum absolute atomic E-state index is 13.3. The van der Waals surface area contributed by atoms with Crippen LogP contribution in [0.15, 0.2) is 48.7 Å². The van der Waals surface area contributed by atoms with Gasteiger partial charge in [-0.3, -0.25) is 4.79 Å². The van der Waals surface area contributed by atoms with Gasteiger partial charge in [0.25, 0.3) is 5.91 Å². The van der Waals surface area contributed by atoms with E-state index in [1.54, 1.807) is 0 Å². The van der Waals surface area contributed by atoms with Gasteiger partial charge in [-0.25, -0.2) is 4.39 Å². The number of aromatic nitrogens is 1. The van der Waals surface area contributed by atoms with Crippen LogP contribution in [0.25, 0.3) is 10.9 Å². The van der Waals surface area contributed by atoms with E-state index >= 15 is 0 Å². The van der Waals surface area contributed by atoms with E-state index in [4.69, 9.17) is 0 Å². The van der Waals surface area contributed by atoms with Crippen LogP contribution in [0.3, 0.4) is 0 Å². The number of hydrogen-bond acceptors (Lipinski definition) is 1. The van der Waals surface area contributed by atoms with Crippen LogP contribution in [0.4, 0.5) is 23.2 Å². The Morgan fingerprint density at radius 1 is 1.09 bits per heavy atom. The number of carbonyl (C=O) groups is 1. The van der Waals surface area contributed by atoms with Gasteiger partial charge in [0.1, 0.15) is 5.82 Å². The molecule has 0 fully saturated rings. The summed E-state index contributed by atoms with van der Waals surface area (Å²) in [4.78, 5) is 15.0. The van der Waals surface area contributed by atoms with Crippen molar-refractivity contribution in [3.63, 3.8) is 0 Å². The maximum atomic E-state index is 13.3. The van der Waals surface area contributed by atoms with Crippen molar-refractivity contribution in [2.75, 3.05) is 5.32 Å². The van der Waals surface area contributed by atoms with Crippen molar-refractivity contribution >= 4 is 22.5 Å². The molecule has 1 amide bonds. The lowest BCUT2D eigenvalue weighted by molar-refractivity contribution is -0.137. The second kappa shape index (κ2) is 5.42. The Balaban J connectivity index is 1.91. The molecule has 1 aromatic heterocycles. The molecule has 3 aromatic rings. The lowest BCUT2D eigenvalue weighted by Crippen LogP contribution is -2.12. The highest BCUT2D eigenvalue weighted by atomic mass is 19.4. The fourth-order valence-electron chi connectivity index (χ4n) is 2.25. The molecule has 0 atom stereocenters. The molecule has 0 bridgehead atoms. The summed E-state index contributed by atoms with van der Waals surface area (Å²) in [7, 11) is 0. The van der Waals surface area contributed by atoms with Gasteiger partial charge in [-0.2, -0.15) is 13.2 Å². The van der Waals surface area contributed by atoms with E-state index in [0.717, 1.165) is 12.1 Å². The number of anilines is 1. The molecule has 3 nitrogen and oxygen atoms in total. The first-order valence-electron chi connectivity index (χ1n) is 6.60. The third-order valence-corrected chi connectivity index (χ3v) is 3.34. The van der Waals surface area contributed by atoms with Gasteiger partial charge in [0.2, 0.25) is 0 Å². The van der Waals surface area contributed by atoms with Crippen molar-refractivity contribution in [1.82, 2.24) is 4.98 Å². The molecule has 2 N–H and O–H groups in total. The quantitative estimate of drug-likeness (QED) is 0.667. The molecule has 1 heterocycles. The van der Waals surface area contributed by atoms with E-state index in [2.05, 4.69) is 10.3 Å². The molecule has 3 rings (SSSR count). The van der Waals surface area contributed by atoms with E-state index in [9.17, 15) is 22.4 Å². The Kier molecular flexibility index (Phi) is 3.55. The summed E-state index contributed by atoms with van der Waals surface area (Å²) in [5.41, 5.74) is -0.145. The summed E-state index contributed by atoms with van der Waals surface area (Å²) in [5, 5.41) is 2.74. The SMILES string of the molecule is O=C(Nc1cccc(C(F)(F)F)c1)c1c[nH]c2ccc(F)cc12. The second-order valence-electron chi connectivity index (χ2n) is 4.92. The van der Waals surface area contributed by atoms with Crippen molar-refractivity contribution < 1.29 is 22.4 Å². The minimum atomic E-state index is -4.50. The number of hydrogen-bond donors (Lipinski definition) is 2. The van der Waals surface area contributed by atoms with Crippen LogP contribution in [-0.2, 0) is 6.18 Å². The van der Waals surface area contributed by atoms with Crippen molar-refractivity contribution in [3.05, 3.63) is 65.6 Å². The zero-order valence-corrected chi connectivity index (χ0v) is 11.5. The molecule has 0 aliphatic rings. The normalized spacial score (nSPS) is 11.7. The van der Waals surface area contributed by atoms with Gasteiger partial charge in [-0.1, -0.05) is 6.07 Å². The van der Waals surface area contributed by atoms with Gasteiger partial charge < -0.3 is 10.3 Å². The molecule has 7 heteroatoms. The summed E-state index contributed by atoms with van der Waals surface area (Å²) < 4.78 is 51.3. The maximum Gasteiger partial charge on any atom is 0.416 e. The molecule has 23 heavy (non-hydrogen) atoms. The first-order valence-corrected chi connectivity index (χ1v) is 6.60. The van der Waals surface area contributed by atoms with Gasteiger partial charge >= 0.3 is 6.18 Å². The Bertz CT molecular complexity index is 883. The molecule has 0 aliphatic heterocycles. The largest absolute Gasteiger partial charge is 0.416 e. The molecule has 0 radical (unpaired) electrons. The zero-order chi connectivity index (χ0) is 16.6. The predicted octanol–water partition coefficient (Wildman–Crippen LogP) is 4.58. The van der Waals surface area contributed by atoms with E-state index in [1.807, 2.05) is 0 Å². The molecular formula is C16H10F4N2O. The van der Waals surface area contributed by atoms with Gasteiger partial charge in [0.15, 0.2) is 0 Å². The number of aromatic amines is 1. The average molecular weight is 322 g/mol. The predicted molar refractivity (Wildman–Crippen MR) is 77.7 cm³/mol. The Hall–Kier alpha value is -2.83. The summed E-state index contributed by atoms with van der Waals surface area (Å²) in [6.45, 7) is 0. The molecular weight excluding hydrogens is 312 g/mol. The first kappa shape index (κ1) is 15.1. The number of benzene rings is 2. The first-order chi connectivity index (χ1) is 10.8. The van der Waals surface area contributed by atoms with E-state index in [1.165, 1.54) is 36.5 Å². The minimum absolute atomic E-state index is 0.00979. The van der Waals surface area contributed by atoms with Crippen LogP contribution in [0.5, 0.6) is 0 Å². The Morgan fingerprint density at radius 3 is 2.61 bits per heavy atom. The highest BCUT2D eigenvalue weighted by Crippen LogP contribution is 2.31. The standard InChI is InChI=1S/C16H10F4N2O/c17-10-4-5-14-12(7-10)13(8-21-14)15(23)22-11-3-1-2-9(6-11)16(18,19)20/h1-8,21H,(H,22,23). The zero-order valence-electron chi connectivity index (χ0n) is 11.5. The summed E-state index contributed by atoms with van der Waals surface area (Å²) in [6, 6.07) is 8.21. The van der Waals surface area contributed by atoms with Crippen molar-refractivity contribution in [2.45, 2.75) is 6.18 Å². The molecule has 0 spiro atoms. The van der Waals surface area contributed by atoms with Crippen LogP contribution >= 0.6 is 0 Å². The van der Waals surface area contributed by atoms with E-state index in [-0.39, 0.29) is 11.3 Å². The molecule has 0 aliphatic carbocycles. The van der Waals surface area contributed by atoms with Crippen LogP contribution < -0.4 is 5.32 Å². The molecule has 118 valence electrons. The number of carbonyl (C=O) groups excluding carboxylic acids is 1. The van der Waals surface area contributed by atoms with Crippen LogP contribution in [0, 0.1) is 5.82 Å². The van der Waals surface area contributed by atoms with Crippen LogP contribution in [-0.4, -0.2) is 10.9 Å². The second-order valence-corrected chi connectivity index (χ2v) is 4.92. The number of H-pyrrole nitrogens is 1. The van der Waals surface area contributed by atoms with Crippen molar-refractivity contribution in [3.8, 4) is 0 Å². The molecule has 0 unspecified atom stereocenters. The van der Waals surface area contributed by atoms with Gasteiger partial charge in [-0.05, 0) is 36.4 Å². The van der Waals surface area contributed by atoms with Crippen LogP contribution in [0.2, 0.25) is 0 Å². The fourth-order valence-corrected chi connectivity index (χ4v) is 2.25. The fraction of sp³-hybridized carbons (Fsp3) is 0.0625. The number of rotatable bonds is 2. The van der Waals surface area contributed by atoms with Gasteiger partial charge in [-0.15, -0.1) is 0 Å². The lowest BCUT2D eigenvalue weighted by atomic mass is 10.1. The monoisotopic (exact) mass is 322 g/mol. The summed E-state index contributed by atoms with van der Waals surface area (Å²) >= 11 is 0. The number of fused-ring (bicyclic) bond motifs is 1. The van der Waals surface area contributed by atoms with Gasteiger partial charge in [0.05, 0.1) is 11.1 Å². The van der Waals surface area contributed by atoms with Crippen molar-refractivity contribution in [1.29, 1.82) is 0 Å². The third kappa shape index (κ3) is 3.03. The lowest BCUT2D eigenvalue weighted by Gasteiger charge is -2.09. The number of nitrogens with one attached hydrogen (secondary N) is 2. The topological polar surface area (TPSA) is 44.9 Å². The molecule has 0 saturated carbocycles. The highest BCUT2D eigenvalue weighted by molar-refractivity contribution is 6.12. The minimum Gasteiger partial charge on any atom is -0.360 e. The Morgan fingerprint density at radius 2 is 1.87 bits per heavy atom. The van der Waals surface area contributed by atoms with Crippen LogP contribution in [0.1, 0.15) is 15.9 Å². The third-order valence-electron chi connectivity index (χ3n) is 3.34. The molecule has 0 saturated heterocycles. The highest BCUT2D eigenvalue weighted by Gasteiger charge is 2.30. The number of alkyl halides is 3. The molecule has 2 aromatic carbocycles. The average Bonchev–Trinajstić information content (AvgIpc) is 2.89. The Labute approximate surface area is 127 Å². The number of amides is 1. The summed E-state index contributed by atoms with van der Waals surface area (Å²) in [5.74, 6) is -1.13. The van der Waals surface area contributed by atoms with Crippen molar-refractivity contribution in [2.24, 2.45) is 0 Å². The summed E-state index contributed by atoms with van der Waals surface area (Å²) in [6.07, 6.45) is -3.11. The number of halogens is 4. The van der Waals surface area contributed by atoms with E-state index < -0.39 is 23.5 Å². The van der Waals surface area contributed by atoms with Gasteiger partial charge in [0, 0.05) is 22.8 Å². The van der Waals surface area contributed by atoms with E-state index in [0.29, 0.717) is 10.9 Å².